The van der Waals surface area contributed by atoms with Crippen LogP contribution in [0.2, 0.25) is 0 Å². The first-order chi connectivity index (χ1) is 23.2. The highest BCUT2D eigenvalue weighted by molar-refractivity contribution is 5.73. The second-order valence-electron chi connectivity index (χ2n) is 12.0. The van der Waals surface area contributed by atoms with Gasteiger partial charge in [-0.25, -0.2) is 4.89 Å². The first-order valence-corrected chi connectivity index (χ1v) is 15.3. The van der Waals surface area contributed by atoms with Crippen molar-refractivity contribution in [2.75, 3.05) is 26.4 Å². The van der Waals surface area contributed by atoms with E-state index in [0.717, 1.165) is 6.92 Å². The van der Waals surface area contributed by atoms with Crippen LogP contribution in [0.4, 0.5) is 0 Å². The molecule has 20 atom stereocenters. The van der Waals surface area contributed by atoms with Crippen LogP contribution in [0.25, 0.3) is 0 Å². The van der Waals surface area contributed by atoms with Gasteiger partial charge in [0, 0.05) is 6.92 Å². The Balaban J connectivity index is 1.63. The molecule has 0 radical (unpaired) electrons. The van der Waals surface area contributed by atoms with Gasteiger partial charge in [-0.1, -0.05) is 0 Å². The number of amides is 1. The fourth-order valence-corrected chi connectivity index (χ4v) is 6.05. The summed E-state index contributed by atoms with van der Waals surface area (Å²) in [7, 11) is 0. The van der Waals surface area contributed by atoms with E-state index >= 15 is 0 Å². The average molecular weight is 724 g/mol. The first-order valence-electron chi connectivity index (χ1n) is 15.3. The van der Waals surface area contributed by atoms with Crippen LogP contribution in [0.5, 0.6) is 0 Å². The molecule has 49 heavy (non-hydrogen) atoms. The van der Waals surface area contributed by atoms with E-state index in [0.29, 0.717) is 0 Å². The van der Waals surface area contributed by atoms with E-state index in [-0.39, 0.29) is 0 Å². The summed E-state index contributed by atoms with van der Waals surface area (Å²) in [5, 5.41) is 135. The van der Waals surface area contributed by atoms with Gasteiger partial charge in [0.05, 0.1) is 26.4 Å². The summed E-state index contributed by atoms with van der Waals surface area (Å²) in [6.07, 6.45) is -34.0. The van der Waals surface area contributed by atoms with E-state index < -0.39 is 155 Å². The molecular formula is C26H45NO22. The summed E-state index contributed by atoms with van der Waals surface area (Å²) >= 11 is 0. The average Bonchev–Trinajstić information content (AvgIpc) is 3.08. The molecule has 4 heterocycles. The number of nitrogens with one attached hydrogen (secondary N) is 1. The summed E-state index contributed by atoms with van der Waals surface area (Å²) in [5.41, 5.74) is 0. The third-order valence-electron chi connectivity index (χ3n) is 8.70. The quantitative estimate of drug-likeness (QED) is 0.0656. The van der Waals surface area contributed by atoms with Gasteiger partial charge in [-0.3, -0.25) is 10.1 Å². The van der Waals surface area contributed by atoms with E-state index in [9.17, 15) is 71.3 Å². The molecule has 0 unspecified atom stereocenters. The van der Waals surface area contributed by atoms with Gasteiger partial charge in [0.2, 0.25) is 5.91 Å². The van der Waals surface area contributed by atoms with Crippen molar-refractivity contribution in [1.82, 2.24) is 5.32 Å². The maximum atomic E-state index is 12.3. The van der Waals surface area contributed by atoms with Crippen LogP contribution in [0, 0.1) is 0 Å². The molecule has 0 aromatic rings. The lowest BCUT2D eigenvalue weighted by Gasteiger charge is -2.50. The Labute approximate surface area is 277 Å². The van der Waals surface area contributed by atoms with Crippen molar-refractivity contribution in [2.45, 2.75) is 130 Å². The maximum absolute atomic E-state index is 12.3. The molecule has 4 rings (SSSR count). The number of carbonyl (C=O) groups excluding carboxylic acids is 1. The van der Waals surface area contributed by atoms with E-state index in [2.05, 4.69) is 10.2 Å². The maximum Gasteiger partial charge on any atom is 0.217 e. The fraction of sp³-hybridized carbons (Fsp3) is 0.962. The predicted molar refractivity (Wildman–Crippen MR) is 147 cm³/mol. The Morgan fingerprint density at radius 1 is 0.531 bits per heavy atom. The van der Waals surface area contributed by atoms with Crippen molar-refractivity contribution >= 4 is 5.91 Å². The van der Waals surface area contributed by atoms with Crippen molar-refractivity contribution in [3.05, 3.63) is 0 Å². The molecule has 0 spiro atoms. The predicted octanol–water partition coefficient (Wildman–Crippen LogP) is -9.11. The Morgan fingerprint density at radius 2 is 1.02 bits per heavy atom. The molecule has 4 aliphatic rings. The number of ether oxygens (including phenoxy) is 7. The van der Waals surface area contributed by atoms with E-state index in [1.165, 1.54) is 0 Å². The van der Waals surface area contributed by atoms with Crippen LogP contribution in [-0.4, -0.2) is 222 Å². The monoisotopic (exact) mass is 723 g/mol. The molecule has 0 saturated carbocycles. The second kappa shape index (κ2) is 17.4. The van der Waals surface area contributed by atoms with Crippen molar-refractivity contribution in [1.29, 1.82) is 0 Å². The highest BCUT2D eigenvalue weighted by Gasteiger charge is 2.56. The summed E-state index contributed by atoms with van der Waals surface area (Å²) in [4.78, 5) is 16.8. The van der Waals surface area contributed by atoms with Gasteiger partial charge in [0.25, 0.3) is 0 Å². The van der Waals surface area contributed by atoms with Crippen molar-refractivity contribution in [3.63, 3.8) is 0 Å². The smallest absolute Gasteiger partial charge is 0.217 e. The largest absolute Gasteiger partial charge is 0.394 e. The van der Waals surface area contributed by atoms with Gasteiger partial charge in [-0.2, -0.15) is 0 Å². The number of aliphatic hydroxyl groups excluding tert-OH is 12. The number of rotatable bonds is 12. The van der Waals surface area contributed by atoms with Gasteiger partial charge in [-0.15, -0.1) is 0 Å². The zero-order chi connectivity index (χ0) is 36.3. The van der Waals surface area contributed by atoms with Gasteiger partial charge < -0.3 is 99.8 Å². The molecule has 23 nitrogen and oxygen atoms in total. The molecule has 286 valence electrons. The zero-order valence-electron chi connectivity index (χ0n) is 25.9. The zero-order valence-corrected chi connectivity index (χ0v) is 25.9. The van der Waals surface area contributed by atoms with Crippen LogP contribution < -0.4 is 5.32 Å². The summed E-state index contributed by atoms with van der Waals surface area (Å²) < 4.78 is 38.8. The Bertz CT molecular complexity index is 1040. The van der Waals surface area contributed by atoms with Crippen molar-refractivity contribution in [2.24, 2.45) is 0 Å². The Morgan fingerprint density at radius 3 is 1.57 bits per heavy atom. The lowest BCUT2D eigenvalue weighted by atomic mass is 9.94. The van der Waals surface area contributed by atoms with Gasteiger partial charge >= 0.3 is 0 Å². The van der Waals surface area contributed by atoms with E-state index in [1.54, 1.807) is 0 Å². The third kappa shape index (κ3) is 8.48. The Kier molecular flexibility index (Phi) is 14.4. The summed E-state index contributed by atoms with van der Waals surface area (Å²) in [6, 6.07) is -1.64. The van der Waals surface area contributed by atoms with E-state index in [1.807, 2.05) is 0 Å². The standard InChI is InChI=1S/C26H45NO22/c1-6(32)27-11-21(47-25-17(38)14(35)12(33)7(2-28)43-25)20(49-41)10(5-31)45-24(11)48-22-13(34)8(3-29)44-26(18(22)39)46-19-9(4-30)42-23(40)16(37)15(19)36/h7-26,28-31,33-41H,2-5H2,1H3,(H,27,32)/t7-,8-,9-,10-,11-,12+,13+,14+,15-,16-,17-,18-,19-,20-,21-,22+,23+,24+,25+,26+/m1/s1. The number of hydrogen-bond acceptors (Lipinski definition) is 22. The summed E-state index contributed by atoms with van der Waals surface area (Å²) in [5.74, 6) is -0.784. The van der Waals surface area contributed by atoms with Crippen molar-refractivity contribution in [3.8, 4) is 0 Å². The van der Waals surface area contributed by atoms with Crippen LogP contribution in [0.1, 0.15) is 6.92 Å². The summed E-state index contributed by atoms with van der Waals surface area (Å²) in [6.45, 7) is -2.48. The molecule has 0 aromatic heterocycles. The highest BCUT2D eigenvalue weighted by atomic mass is 17.1. The molecule has 1 amide bonds. The van der Waals surface area contributed by atoms with Crippen molar-refractivity contribution < 1.29 is 109 Å². The SMILES string of the molecule is CC(=O)N[C@H]1[C@H](O[C@H]2[C@@H](O)[C@@H](CO)O[C@@H](O[C@H]3[C@H](O)[C@@H](O)[C@@H](O)O[C@@H]3CO)[C@@H]2O)O[C@H](CO)[C@@H](OO)[C@@H]1O[C@@H]1O[C@H](CO)[C@H](O)[C@H](O)[C@H]1O. The number of carbonyl (C=O) groups is 1. The third-order valence-corrected chi connectivity index (χ3v) is 8.70. The first kappa shape index (κ1) is 40.4. The molecule has 0 bridgehead atoms. The number of hydrogen-bond donors (Lipinski definition) is 14. The molecule has 23 heteroatoms. The Hall–Kier alpha value is -1.37. The normalized spacial score (nSPS) is 49.4. The molecule has 14 N–H and O–H groups in total. The minimum atomic E-state index is -2.06. The van der Waals surface area contributed by atoms with Gasteiger partial charge in [-0.05, 0) is 0 Å². The lowest BCUT2D eigenvalue weighted by molar-refractivity contribution is -0.404. The van der Waals surface area contributed by atoms with Crippen LogP contribution >= 0.6 is 0 Å². The molecule has 0 aliphatic carbocycles. The second-order valence-corrected chi connectivity index (χ2v) is 12.0. The van der Waals surface area contributed by atoms with Crippen LogP contribution in [0.3, 0.4) is 0 Å². The number of aliphatic hydroxyl groups is 12. The molecule has 4 aliphatic heterocycles. The van der Waals surface area contributed by atoms with Gasteiger partial charge in [0.15, 0.2) is 25.2 Å². The minimum absolute atomic E-state index is 0.784. The fourth-order valence-electron chi connectivity index (χ4n) is 6.05. The van der Waals surface area contributed by atoms with Crippen LogP contribution in [-0.2, 0) is 42.8 Å². The van der Waals surface area contributed by atoms with Crippen LogP contribution in [0.15, 0.2) is 0 Å². The highest BCUT2D eigenvalue weighted by Crippen LogP contribution is 2.35. The van der Waals surface area contributed by atoms with E-state index in [4.69, 9.17) is 33.2 Å². The molecular weight excluding hydrogens is 678 g/mol. The molecule has 0 aromatic carbocycles. The minimum Gasteiger partial charge on any atom is -0.394 e. The van der Waals surface area contributed by atoms with Gasteiger partial charge in [0.1, 0.15) is 97.6 Å². The topological polar surface area (TPSA) is 366 Å². The molecule has 4 fully saturated rings. The molecule has 4 saturated heterocycles. The lowest BCUT2D eigenvalue weighted by Crippen LogP contribution is -2.70.